The second-order valence-electron chi connectivity index (χ2n) is 1.82. The van der Waals surface area contributed by atoms with Crippen molar-refractivity contribution in [3.05, 3.63) is 28.2 Å². The molecule has 0 atom stereocenters. The average Bonchev–Trinajstić information content (AvgIpc) is 1.94. The predicted octanol–water partition coefficient (Wildman–Crippen LogP) is -0.0773. The zero-order valence-electron chi connectivity index (χ0n) is 5.32. The second-order valence-corrected chi connectivity index (χ2v) is 1.82. The van der Waals surface area contributed by atoms with E-state index < -0.39 is 16.4 Å². The summed E-state index contributed by atoms with van der Waals surface area (Å²) in [6, 6.07) is 0.725. The Balaban J connectivity index is 3.23. The highest BCUT2D eigenvalue weighted by atomic mass is 19.1. The summed E-state index contributed by atoms with van der Waals surface area (Å²) in [6.07, 6.45) is 0.822. The molecule has 0 aliphatic heterocycles. The monoisotopic (exact) mass is 152 g/mol. The summed E-state index contributed by atoms with van der Waals surface area (Å²) in [7, 11) is 5.07. The number of rotatable bonds is 1. The van der Waals surface area contributed by atoms with Crippen LogP contribution in [0.3, 0.4) is 0 Å². The van der Waals surface area contributed by atoms with Gasteiger partial charge in [0.15, 0.2) is 7.85 Å². The normalized spacial score (nSPS) is 9.55. The Morgan fingerprint density at radius 1 is 1.73 bits per heavy atom. The van der Waals surface area contributed by atoms with E-state index in [1.54, 1.807) is 0 Å². The van der Waals surface area contributed by atoms with Crippen molar-refractivity contribution >= 4 is 19.1 Å². The third kappa shape index (κ3) is 1.51. The van der Waals surface area contributed by atoms with E-state index in [4.69, 9.17) is 7.85 Å². The molecule has 54 valence electrons. The number of hydrogen-bond acceptors (Lipinski definition) is 3. The van der Waals surface area contributed by atoms with Gasteiger partial charge in [-0.1, -0.05) is 0 Å². The fourth-order valence-corrected chi connectivity index (χ4v) is 0.585. The summed E-state index contributed by atoms with van der Waals surface area (Å²) in [6.45, 7) is 0. The van der Waals surface area contributed by atoms with Crippen molar-refractivity contribution in [2.24, 2.45) is 0 Å². The van der Waals surface area contributed by atoms with Crippen LogP contribution in [0.25, 0.3) is 0 Å². The zero-order valence-corrected chi connectivity index (χ0v) is 5.32. The van der Waals surface area contributed by atoms with Gasteiger partial charge in [-0.05, 0) is 0 Å². The molecule has 0 aliphatic carbocycles. The summed E-state index contributed by atoms with van der Waals surface area (Å²) in [5.41, 5.74) is -0.790. The molecule has 1 rings (SSSR count). The highest BCUT2D eigenvalue weighted by Crippen LogP contribution is 2.05. The lowest BCUT2D eigenvalue weighted by Gasteiger charge is -1.94. The molecule has 0 N–H and O–H groups in total. The van der Waals surface area contributed by atoms with Gasteiger partial charge in [0.1, 0.15) is 5.82 Å². The molecular weight excluding hydrogens is 150 g/mol. The first-order valence-electron chi connectivity index (χ1n) is 2.66. The van der Waals surface area contributed by atoms with Crippen molar-refractivity contribution in [2.45, 2.75) is 0 Å². The van der Waals surface area contributed by atoms with Crippen molar-refractivity contribution in [3.8, 4) is 0 Å². The smallest absolute Gasteiger partial charge is 0.263 e. The first kappa shape index (κ1) is 7.65. The number of hydrogen-bond donors (Lipinski definition) is 0. The van der Waals surface area contributed by atoms with Crippen LogP contribution in [0.5, 0.6) is 0 Å². The molecular formula is C5H2BFN2O2. The van der Waals surface area contributed by atoms with Crippen LogP contribution in [0.4, 0.5) is 10.1 Å². The van der Waals surface area contributed by atoms with Gasteiger partial charge in [0.25, 0.3) is 5.69 Å². The topological polar surface area (TPSA) is 56.0 Å². The Labute approximate surface area is 62.6 Å². The molecule has 0 amide bonds. The molecule has 6 heteroatoms. The summed E-state index contributed by atoms with van der Waals surface area (Å²) in [4.78, 5) is 12.6. The first-order valence-corrected chi connectivity index (χ1v) is 2.66. The third-order valence-corrected chi connectivity index (χ3v) is 1.06. The maximum atomic E-state index is 12.3. The van der Waals surface area contributed by atoms with E-state index in [1.165, 1.54) is 0 Å². The van der Waals surface area contributed by atoms with E-state index in [0.29, 0.717) is 0 Å². The summed E-state index contributed by atoms with van der Waals surface area (Å²) < 4.78 is 12.3. The fourth-order valence-electron chi connectivity index (χ4n) is 0.585. The predicted molar refractivity (Wildman–Crippen MR) is 36.2 cm³/mol. The minimum Gasteiger partial charge on any atom is -0.263 e. The van der Waals surface area contributed by atoms with Crippen molar-refractivity contribution < 1.29 is 9.31 Å². The minimum atomic E-state index is -0.786. The van der Waals surface area contributed by atoms with Gasteiger partial charge in [-0.3, -0.25) is 15.1 Å². The molecule has 0 aliphatic rings. The van der Waals surface area contributed by atoms with Gasteiger partial charge in [-0.25, -0.2) is 4.39 Å². The SMILES string of the molecule is [B]c1ncc(F)cc1[N+](=O)[O-]. The Morgan fingerprint density at radius 2 is 2.36 bits per heavy atom. The number of halogens is 1. The molecule has 0 aromatic carbocycles. The lowest BCUT2D eigenvalue weighted by Crippen LogP contribution is -2.13. The lowest BCUT2D eigenvalue weighted by molar-refractivity contribution is -0.384. The number of aromatic nitrogens is 1. The van der Waals surface area contributed by atoms with Crippen molar-refractivity contribution in [2.75, 3.05) is 0 Å². The number of pyridine rings is 1. The molecule has 11 heavy (non-hydrogen) atoms. The number of nitrogens with zero attached hydrogens (tertiary/aromatic N) is 2. The molecule has 0 unspecified atom stereocenters. The Bertz CT molecular complexity index is 305. The van der Waals surface area contributed by atoms with Crippen LogP contribution in [-0.4, -0.2) is 17.8 Å². The lowest BCUT2D eigenvalue weighted by atomic mass is 10.0. The van der Waals surface area contributed by atoms with Crippen LogP contribution in [0.15, 0.2) is 12.3 Å². The van der Waals surface area contributed by atoms with Crippen LogP contribution < -0.4 is 5.59 Å². The second kappa shape index (κ2) is 2.65. The van der Waals surface area contributed by atoms with E-state index in [2.05, 4.69) is 4.98 Å². The molecule has 0 fully saturated rings. The molecule has 0 spiro atoms. The van der Waals surface area contributed by atoms with Gasteiger partial charge >= 0.3 is 0 Å². The molecule has 4 nitrogen and oxygen atoms in total. The number of nitro groups is 1. The zero-order chi connectivity index (χ0) is 8.43. The highest BCUT2D eigenvalue weighted by molar-refractivity contribution is 6.33. The Hall–Kier alpha value is -1.46. The van der Waals surface area contributed by atoms with E-state index in [1.807, 2.05) is 0 Å². The summed E-state index contributed by atoms with van der Waals surface area (Å²) in [5.74, 6) is -0.772. The fraction of sp³-hybridized carbons (Fsp3) is 0. The van der Waals surface area contributed by atoms with Crippen LogP contribution in [-0.2, 0) is 0 Å². The Morgan fingerprint density at radius 3 is 2.82 bits per heavy atom. The first-order chi connectivity index (χ1) is 5.11. The highest BCUT2D eigenvalue weighted by Gasteiger charge is 2.10. The van der Waals surface area contributed by atoms with E-state index >= 15 is 0 Å². The van der Waals surface area contributed by atoms with Gasteiger partial charge in [0.2, 0.25) is 0 Å². The van der Waals surface area contributed by atoms with Crippen LogP contribution >= 0.6 is 0 Å². The van der Waals surface area contributed by atoms with Gasteiger partial charge in [0.05, 0.1) is 22.8 Å². The largest absolute Gasteiger partial charge is 0.282 e. The average molecular weight is 152 g/mol. The van der Waals surface area contributed by atoms with E-state index in [9.17, 15) is 14.5 Å². The maximum absolute atomic E-state index is 12.3. The molecule has 0 bridgehead atoms. The molecule has 0 saturated heterocycles. The van der Waals surface area contributed by atoms with E-state index in [-0.39, 0.29) is 5.59 Å². The van der Waals surface area contributed by atoms with Gasteiger partial charge < -0.3 is 0 Å². The van der Waals surface area contributed by atoms with Crippen molar-refractivity contribution in [1.29, 1.82) is 0 Å². The summed E-state index contributed by atoms with van der Waals surface area (Å²) in [5, 5.41) is 10.1. The minimum absolute atomic E-state index is 0.281. The maximum Gasteiger partial charge on any atom is 0.282 e. The molecule has 1 heterocycles. The van der Waals surface area contributed by atoms with Crippen molar-refractivity contribution in [1.82, 2.24) is 4.98 Å². The van der Waals surface area contributed by atoms with Crippen molar-refractivity contribution in [3.63, 3.8) is 0 Å². The molecule has 0 saturated carbocycles. The summed E-state index contributed by atoms with van der Waals surface area (Å²) >= 11 is 0. The van der Waals surface area contributed by atoms with Crippen LogP contribution in [0, 0.1) is 15.9 Å². The van der Waals surface area contributed by atoms with E-state index in [0.717, 1.165) is 12.3 Å². The van der Waals surface area contributed by atoms with Gasteiger partial charge in [-0.2, -0.15) is 0 Å². The Kier molecular flexibility index (Phi) is 1.84. The quantitative estimate of drug-likeness (QED) is 0.321. The van der Waals surface area contributed by atoms with Gasteiger partial charge in [0, 0.05) is 0 Å². The van der Waals surface area contributed by atoms with Crippen LogP contribution in [0.1, 0.15) is 0 Å². The molecule has 1 aromatic rings. The standard InChI is InChI=1S/C5H2BFN2O2/c6-5-4(9(10)11)1-3(7)2-8-5/h1-2H. The molecule has 2 radical (unpaired) electrons. The van der Waals surface area contributed by atoms with Gasteiger partial charge in [-0.15, -0.1) is 0 Å². The van der Waals surface area contributed by atoms with Crippen LogP contribution in [0.2, 0.25) is 0 Å². The third-order valence-electron chi connectivity index (χ3n) is 1.06. The molecule has 1 aromatic heterocycles.